The Balaban J connectivity index is 1.28. The zero-order valence-corrected chi connectivity index (χ0v) is 18.8. The largest absolute Gasteiger partial charge is 0.349 e. The number of nitrogens with zero attached hydrogens (tertiary/aromatic N) is 2. The minimum Gasteiger partial charge on any atom is -0.349 e. The lowest BCUT2D eigenvalue weighted by molar-refractivity contribution is -0.138. The molecule has 2 aliphatic heterocycles. The van der Waals surface area contributed by atoms with Gasteiger partial charge in [0.1, 0.15) is 0 Å². The van der Waals surface area contributed by atoms with Crippen LogP contribution < -0.4 is 5.32 Å². The maximum atomic E-state index is 13.1. The van der Waals surface area contributed by atoms with Crippen LogP contribution in [0.2, 0.25) is 5.02 Å². The molecular formula is C25H28ClN3O3. The molecule has 2 aromatic carbocycles. The number of amides is 3. The van der Waals surface area contributed by atoms with Crippen molar-refractivity contribution in [2.45, 2.75) is 31.7 Å². The van der Waals surface area contributed by atoms with Crippen molar-refractivity contribution in [2.24, 2.45) is 5.92 Å². The second-order valence-electron chi connectivity index (χ2n) is 8.54. The van der Waals surface area contributed by atoms with Crippen molar-refractivity contribution in [2.75, 3.05) is 26.2 Å². The zero-order chi connectivity index (χ0) is 22.5. The molecule has 4 rings (SSSR count). The van der Waals surface area contributed by atoms with Gasteiger partial charge < -0.3 is 15.1 Å². The van der Waals surface area contributed by atoms with Crippen LogP contribution in [0, 0.1) is 5.92 Å². The molecule has 32 heavy (non-hydrogen) atoms. The molecule has 7 heteroatoms. The molecule has 168 valence electrons. The number of likely N-dealkylation sites (tertiary alicyclic amines) is 2. The van der Waals surface area contributed by atoms with Crippen molar-refractivity contribution in [1.29, 1.82) is 0 Å². The third-order valence-corrected chi connectivity index (χ3v) is 6.58. The van der Waals surface area contributed by atoms with Crippen molar-refractivity contribution in [3.8, 4) is 0 Å². The smallest absolute Gasteiger partial charge is 0.253 e. The second-order valence-corrected chi connectivity index (χ2v) is 8.97. The van der Waals surface area contributed by atoms with Gasteiger partial charge >= 0.3 is 0 Å². The van der Waals surface area contributed by atoms with Crippen molar-refractivity contribution in [1.82, 2.24) is 15.1 Å². The molecule has 2 saturated heterocycles. The molecule has 2 aromatic rings. The number of nitrogens with one attached hydrogen (secondary N) is 1. The van der Waals surface area contributed by atoms with Crippen LogP contribution >= 0.6 is 11.6 Å². The normalized spacial score (nSPS) is 19.5. The molecule has 0 saturated carbocycles. The zero-order valence-electron chi connectivity index (χ0n) is 18.0. The molecule has 0 spiro atoms. The van der Waals surface area contributed by atoms with E-state index in [1.807, 2.05) is 23.1 Å². The van der Waals surface area contributed by atoms with Crippen LogP contribution in [0.25, 0.3) is 0 Å². The predicted molar refractivity (Wildman–Crippen MR) is 124 cm³/mol. The van der Waals surface area contributed by atoms with Gasteiger partial charge in [-0.05, 0) is 62.1 Å². The van der Waals surface area contributed by atoms with E-state index in [2.05, 4.69) is 5.32 Å². The number of benzene rings is 2. The Bertz CT molecular complexity index is 956. The Hall–Kier alpha value is -2.86. The molecule has 0 aromatic heterocycles. The molecule has 2 heterocycles. The van der Waals surface area contributed by atoms with Crippen LogP contribution in [0.5, 0.6) is 0 Å². The van der Waals surface area contributed by atoms with E-state index >= 15 is 0 Å². The minimum atomic E-state index is -0.171. The highest BCUT2D eigenvalue weighted by Crippen LogP contribution is 2.23. The summed E-state index contributed by atoms with van der Waals surface area (Å²) in [4.78, 5) is 42.0. The Morgan fingerprint density at radius 3 is 2.19 bits per heavy atom. The standard InChI is InChI=1S/C25H28ClN3O3/c26-21-10-8-19(9-11-21)24(31)29-14-4-7-20(17-29)25(32)28-15-12-22(13-16-28)27-23(30)18-5-2-1-3-6-18/h1-3,5-6,8-11,20,22H,4,7,12-17H2,(H,27,30). The number of hydrogen-bond acceptors (Lipinski definition) is 3. The summed E-state index contributed by atoms with van der Waals surface area (Å²) in [5, 5.41) is 3.67. The highest BCUT2D eigenvalue weighted by molar-refractivity contribution is 6.30. The van der Waals surface area contributed by atoms with Gasteiger partial charge in [-0.1, -0.05) is 29.8 Å². The van der Waals surface area contributed by atoms with Crippen molar-refractivity contribution >= 4 is 29.3 Å². The number of rotatable bonds is 4. The number of piperidine rings is 2. The summed E-state index contributed by atoms with van der Waals surface area (Å²) in [6.45, 7) is 2.37. The summed E-state index contributed by atoms with van der Waals surface area (Å²) in [6.07, 6.45) is 3.10. The summed E-state index contributed by atoms with van der Waals surface area (Å²) in [6, 6.07) is 16.1. The molecule has 2 aliphatic rings. The van der Waals surface area contributed by atoms with Crippen LogP contribution in [-0.4, -0.2) is 59.7 Å². The number of carbonyl (C=O) groups is 3. The number of carbonyl (C=O) groups excluding carboxylic acids is 3. The Kier molecular flexibility index (Phi) is 7.10. The molecule has 6 nitrogen and oxygen atoms in total. The summed E-state index contributed by atoms with van der Waals surface area (Å²) in [5.41, 5.74) is 1.25. The average Bonchev–Trinajstić information content (AvgIpc) is 2.85. The molecule has 3 amide bonds. The van der Waals surface area contributed by atoms with E-state index in [9.17, 15) is 14.4 Å². The van der Waals surface area contributed by atoms with Crippen LogP contribution in [0.3, 0.4) is 0 Å². The maximum Gasteiger partial charge on any atom is 0.253 e. The van der Waals surface area contributed by atoms with Gasteiger partial charge in [0, 0.05) is 48.4 Å². The molecule has 2 fully saturated rings. The first-order valence-corrected chi connectivity index (χ1v) is 11.6. The van der Waals surface area contributed by atoms with Crippen molar-refractivity contribution < 1.29 is 14.4 Å². The van der Waals surface area contributed by atoms with Gasteiger partial charge in [-0.15, -0.1) is 0 Å². The van der Waals surface area contributed by atoms with E-state index in [-0.39, 0.29) is 29.7 Å². The Labute approximate surface area is 193 Å². The first-order chi connectivity index (χ1) is 15.5. The average molecular weight is 454 g/mol. The highest BCUT2D eigenvalue weighted by Gasteiger charge is 2.33. The van der Waals surface area contributed by atoms with E-state index < -0.39 is 0 Å². The van der Waals surface area contributed by atoms with E-state index in [0.717, 1.165) is 25.7 Å². The van der Waals surface area contributed by atoms with Crippen LogP contribution in [0.4, 0.5) is 0 Å². The molecule has 1 unspecified atom stereocenters. The van der Waals surface area contributed by atoms with Crippen LogP contribution in [0.1, 0.15) is 46.4 Å². The molecular weight excluding hydrogens is 426 g/mol. The van der Waals surface area contributed by atoms with Crippen LogP contribution in [0.15, 0.2) is 54.6 Å². The Morgan fingerprint density at radius 2 is 1.50 bits per heavy atom. The van der Waals surface area contributed by atoms with Crippen molar-refractivity contribution in [3.63, 3.8) is 0 Å². The lowest BCUT2D eigenvalue weighted by Crippen LogP contribution is -2.51. The molecule has 0 radical (unpaired) electrons. The van der Waals surface area contributed by atoms with Crippen molar-refractivity contribution in [3.05, 3.63) is 70.7 Å². The third-order valence-electron chi connectivity index (χ3n) is 6.33. The monoisotopic (exact) mass is 453 g/mol. The number of hydrogen-bond donors (Lipinski definition) is 1. The second kappa shape index (κ2) is 10.2. The SMILES string of the molecule is O=C(NC1CCN(C(=O)C2CCCN(C(=O)c3ccc(Cl)cc3)C2)CC1)c1ccccc1. The first kappa shape index (κ1) is 22.3. The fourth-order valence-electron chi connectivity index (χ4n) is 4.50. The Morgan fingerprint density at radius 1 is 0.812 bits per heavy atom. The quantitative estimate of drug-likeness (QED) is 0.768. The lowest BCUT2D eigenvalue weighted by atomic mass is 9.94. The maximum absolute atomic E-state index is 13.1. The van der Waals surface area contributed by atoms with E-state index in [1.54, 1.807) is 41.3 Å². The fraction of sp³-hybridized carbons (Fsp3) is 0.400. The van der Waals surface area contributed by atoms with Gasteiger partial charge in [0.15, 0.2) is 0 Å². The lowest BCUT2D eigenvalue weighted by Gasteiger charge is -2.38. The summed E-state index contributed by atoms with van der Waals surface area (Å²) < 4.78 is 0. The third kappa shape index (κ3) is 5.30. The molecule has 0 bridgehead atoms. The van der Waals surface area contributed by atoms with Gasteiger partial charge in [0.25, 0.3) is 11.8 Å². The van der Waals surface area contributed by atoms with E-state index in [1.165, 1.54) is 0 Å². The van der Waals surface area contributed by atoms with Gasteiger partial charge in [-0.2, -0.15) is 0 Å². The molecule has 1 atom stereocenters. The summed E-state index contributed by atoms with van der Waals surface area (Å²) in [5.74, 6) is -0.178. The summed E-state index contributed by atoms with van der Waals surface area (Å²) in [7, 11) is 0. The van der Waals surface area contributed by atoms with Gasteiger partial charge in [0.2, 0.25) is 5.91 Å². The summed E-state index contributed by atoms with van der Waals surface area (Å²) >= 11 is 5.92. The fourth-order valence-corrected chi connectivity index (χ4v) is 4.62. The minimum absolute atomic E-state index is 0.0542. The van der Waals surface area contributed by atoms with Crippen LogP contribution in [-0.2, 0) is 4.79 Å². The topological polar surface area (TPSA) is 69.7 Å². The number of halogens is 1. The van der Waals surface area contributed by atoms with E-state index in [4.69, 9.17) is 11.6 Å². The first-order valence-electron chi connectivity index (χ1n) is 11.2. The highest BCUT2D eigenvalue weighted by atomic mass is 35.5. The van der Waals surface area contributed by atoms with Gasteiger partial charge in [0.05, 0.1) is 5.92 Å². The molecule has 1 N–H and O–H groups in total. The van der Waals surface area contributed by atoms with E-state index in [0.29, 0.717) is 42.3 Å². The van der Waals surface area contributed by atoms with Gasteiger partial charge in [-0.25, -0.2) is 0 Å². The molecule has 0 aliphatic carbocycles. The predicted octanol–water partition coefficient (Wildman–Crippen LogP) is 3.61. The van der Waals surface area contributed by atoms with Gasteiger partial charge in [-0.3, -0.25) is 14.4 Å².